The molecule has 1 N–H and O–H groups in total. The molecule has 2 aromatic carbocycles. The van der Waals surface area contributed by atoms with Crippen molar-refractivity contribution in [3.63, 3.8) is 0 Å². The van der Waals surface area contributed by atoms with E-state index in [9.17, 15) is 9.59 Å². The first-order valence-corrected chi connectivity index (χ1v) is 14.1. The number of unbranched alkanes of at least 4 members (excludes halogenated alkanes) is 1. The number of nitrogens with zero attached hydrogens (tertiary/aromatic N) is 2. The smallest absolute Gasteiger partial charge is 0.288 e. The average Bonchev–Trinajstić information content (AvgIpc) is 3.48. The predicted octanol–water partition coefficient (Wildman–Crippen LogP) is 3.37. The van der Waals surface area contributed by atoms with Crippen molar-refractivity contribution in [2.24, 2.45) is 0 Å². The maximum atomic E-state index is 13.6. The first-order valence-electron chi connectivity index (χ1n) is 14.1. The Kier molecular flexibility index (Phi) is 8.22. The standard InChI is InChI=1S/C31H34N2O8/c34-13-3-4-14-37-29-17-22(24-19-38-25-6-2-1-5-23(25)30(24)35)16-28(41-29)31(36)33-11-9-32(10-12-33)18-21-7-8-26-27(15-21)40-20-39-26/h1-2,5-8,15-16,19,22,29,34H,3-4,9-14,17-18,20H2/t22-,29+/m1/s1. The predicted molar refractivity (Wildman–Crippen MR) is 149 cm³/mol. The van der Waals surface area contributed by atoms with Crippen LogP contribution in [-0.4, -0.2) is 73.3 Å². The number of allylic oxidation sites excluding steroid dienone is 1. The summed E-state index contributed by atoms with van der Waals surface area (Å²) in [6, 6.07) is 13.1. The van der Waals surface area contributed by atoms with Crippen LogP contribution >= 0.6 is 0 Å². The molecule has 1 amide bonds. The van der Waals surface area contributed by atoms with Gasteiger partial charge in [-0.05, 0) is 48.7 Å². The summed E-state index contributed by atoms with van der Waals surface area (Å²) in [5.41, 5.74) is 1.99. The van der Waals surface area contributed by atoms with E-state index in [0.717, 1.165) is 23.6 Å². The third-order valence-electron chi connectivity index (χ3n) is 7.73. The van der Waals surface area contributed by atoms with Crippen LogP contribution in [0.25, 0.3) is 11.0 Å². The van der Waals surface area contributed by atoms with Gasteiger partial charge in [0.05, 0.1) is 18.3 Å². The number of ether oxygens (including phenoxy) is 4. The highest BCUT2D eigenvalue weighted by Crippen LogP contribution is 2.34. The fourth-order valence-corrected chi connectivity index (χ4v) is 5.47. The van der Waals surface area contributed by atoms with Crippen LogP contribution in [0.4, 0.5) is 0 Å². The zero-order valence-electron chi connectivity index (χ0n) is 22.8. The van der Waals surface area contributed by atoms with Gasteiger partial charge in [0.2, 0.25) is 13.1 Å². The van der Waals surface area contributed by atoms with Crippen molar-refractivity contribution in [3.05, 3.63) is 81.9 Å². The van der Waals surface area contributed by atoms with E-state index >= 15 is 0 Å². The summed E-state index contributed by atoms with van der Waals surface area (Å²) in [4.78, 5) is 31.1. The molecule has 0 aliphatic carbocycles. The molecule has 6 rings (SSSR count). The minimum absolute atomic E-state index is 0.0833. The lowest BCUT2D eigenvalue weighted by Gasteiger charge is -2.36. The molecule has 0 saturated carbocycles. The molecule has 0 spiro atoms. The van der Waals surface area contributed by atoms with Crippen LogP contribution < -0.4 is 14.9 Å². The number of hydrogen-bond donors (Lipinski definition) is 1. The molecule has 1 saturated heterocycles. The molecule has 1 aromatic heterocycles. The van der Waals surface area contributed by atoms with E-state index < -0.39 is 12.2 Å². The molecule has 41 heavy (non-hydrogen) atoms. The second-order valence-electron chi connectivity index (χ2n) is 10.5. The molecule has 3 aliphatic rings. The maximum Gasteiger partial charge on any atom is 0.288 e. The Morgan fingerprint density at radius 1 is 1.02 bits per heavy atom. The molecule has 0 bridgehead atoms. The van der Waals surface area contributed by atoms with Gasteiger partial charge in [-0.15, -0.1) is 0 Å². The zero-order valence-corrected chi connectivity index (χ0v) is 22.8. The van der Waals surface area contributed by atoms with Crippen LogP contribution in [0.15, 0.2) is 69.8 Å². The summed E-state index contributed by atoms with van der Waals surface area (Å²) in [6.07, 6.45) is 4.18. The van der Waals surface area contributed by atoms with Crippen molar-refractivity contribution in [2.45, 2.75) is 38.0 Å². The van der Waals surface area contributed by atoms with E-state index in [2.05, 4.69) is 4.90 Å². The van der Waals surface area contributed by atoms with E-state index in [-0.39, 0.29) is 30.5 Å². The topological polar surface area (TPSA) is 111 Å². The third kappa shape index (κ3) is 6.09. The minimum atomic E-state index is -0.694. The van der Waals surface area contributed by atoms with Gasteiger partial charge < -0.3 is 33.4 Å². The minimum Gasteiger partial charge on any atom is -0.464 e. The molecule has 216 valence electrons. The number of carbonyl (C=O) groups excluding carboxylic acids is 1. The molecule has 10 nitrogen and oxygen atoms in total. The summed E-state index contributed by atoms with van der Waals surface area (Å²) in [7, 11) is 0. The Morgan fingerprint density at radius 2 is 1.85 bits per heavy atom. The number of para-hydroxylation sites is 1. The Morgan fingerprint density at radius 3 is 2.71 bits per heavy atom. The normalized spacial score (nSPS) is 20.6. The first-order chi connectivity index (χ1) is 20.1. The van der Waals surface area contributed by atoms with Gasteiger partial charge >= 0.3 is 0 Å². The highest BCUT2D eigenvalue weighted by atomic mass is 16.7. The van der Waals surface area contributed by atoms with Gasteiger partial charge in [0.1, 0.15) is 5.58 Å². The number of aliphatic hydroxyl groups is 1. The van der Waals surface area contributed by atoms with Crippen molar-refractivity contribution < 1.29 is 33.3 Å². The van der Waals surface area contributed by atoms with E-state index in [1.807, 2.05) is 24.3 Å². The number of benzene rings is 2. The van der Waals surface area contributed by atoms with Gasteiger partial charge in [0.15, 0.2) is 22.7 Å². The highest BCUT2D eigenvalue weighted by molar-refractivity contribution is 5.92. The van der Waals surface area contributed by atoms with Crippen LogP contribution in [0, 0.1) is 0 Å². The van der Waals surface area contributed by atoms with Crippen LogP contribution in [0.3, 0.4) is 0 Å². The lowest BCUT2D eigenvalue weighted by molar-refractivity contribution is -0.154. The van der Waals surface area contributed by atoms with Crippen LogP contribution in [0.2, 0.25) is 0 Å². The SMILES string of the molecule is O=C(C1=C[C@@H](c2coc3ccccc3c2=O)C[C@@H](OCCCCO)O1)N1CCN(Cc2ccc3c(c2)OCO3)CC1. The number of aliphatic hydroxyl groups excluding tert-OH is 1. The molecule has 3 aromatic rings. The first kappa shape index (κ1) is 27.3. The molecule has 1 fully saturated rings. The molecule has 3 aliphatic heterocycles. The van der Waals surface area contributed by atoms with Crippen molar-refractivity contribution in [1.29, 1.82) is 0 Å². The van der Waals surface area contributed by atoms with Gasteiger partial charge in [-0.2, -0.15) is 0 Å². The fourth-order valence-electron chi connectivity index (χ4n) is 5.47. The number of fused-ring (bicyclic) bond motifs is 2. The molecular formula is C31H34N2O8. The van der Waals surface area contributed by atoms with Crippen LogP contribution in [0.5, 0.6) is 11.5 Å². The van der Waals surface area contributed by atoms with Crippen molar-refractivity contribution >= 4 is 16.9 Å². The fraction of sp³-hybridized carbons (Fsp3) is 0.419. The van der Waals surface area contributed by atoms with Crippen LogP contribution in [-0.2, 0) is 20.8 Å². The van der Waals surface area contributed by atoms with Gasteiger partial charge in [0.25, 0.3) is 5.91 Å². The largest absolute Gasteiger partial charge is 0.464 e. The summed E-state index contributed by atoms with van der Waals surface area (Å²) < 4.78 is 28.7. The second-order valence-corrected chi connectivity index (χ2v) is 10.5. The summed E-state index contributed by atoms with van der Waals surface area (Å²) >= 11 is 0. The van der Waals surface area contributed by atoms with E-state index in [4.69, 9.17) is 28.5 Å². The van der Waals surface area contributed by atoms with E-state index in [1.165, 1.54) is 6.26 Å². The molecular weight excluding hydrogens is 528 g/mol. The summed E-state index contributed by atoms with van der Waals surface area (Å²) in [6.45, 7) is 3.99. The monoisotopic (exact) mass is 562 g/mol. The molecule has 0 unspecified atom stereocenters. The summed E-state index contributed by atoms with van der Waals surface area (Å²) in [5.74, 6) is 1.09. The van der Waals surface area contributed by atoms with Gasteiger partial charge in [0, 0.05) is 57.2 Å². The van der Waals surface area contributed by atoms with Crippen molar-refractivity contribution in [3.8, 4) is 11.5 Å². The highest BCUT2D eigenvalue weighted by Gasteiger charge is 2.33. The van der Waals surface area contributed by atoms with Crippen LogP contribution in [0.1, 0.15) is 36.3 Å². The third-order valence-corrected chi connectivity index (χ3v) is 7.73. The van der Waals surface area contributed by atoms with Gasteiger partial charge in [-0.3, -0.25) is 14.5 Å². The van der Waals surface area contributed by atoms with Gasteiger partial charge in [-0.25, -0.2) is 0 Å². The van der Waals surface area contributed by atoms with E-state index in [0.29, 0.717) is 68.6 Å². The number of rotatable bonds is 9. The van der Waals surface area contributed by atoms with Crippen molar-refractivity contribution in [2.75, 3.05) is 46.2 Å². The molecule has 4 heterocycles. The number of piperazine rings is 1. The Bertz CT molecular complexity index is 1480. The zero-order chi connectivity index (χ0) is 28.2. The van der Waals surface area contributed by atoms with Crippen molar-refractivity contribution in [1.82, 2.24) is 9.80 Å². The lowest BCUT2D eigenvalue weighted by atomic mass is 9.93. The number of amides is 1. The Balaban J connectivity index is 1.15. The number of hydrogen-bond acceptors (Lipinski definition) is 9. The molecule has 10 heteroatoms. The number of carbonyl (C=O) groups is 1. The lowest BCUT2D eigenvalue weighted by Crippen LogP contribution is -2.49. The average molecular weight is 563 g/mol. The Hall–Kier alpha value is -3.86. The maximum absolute atomic E-state index is 13.6. The van der Waals surface area contributed by atoms with E-state index in [1.54, 1.807) is 29.2 Å². The molecule has 0 radical (unpaired) electrons. The van der Waals surface area contributed by atoms with Gasteiger partial charge in [-0.1, -0.05) is 18.2 Å². The summed E-state index contributed by atoms with van der Waals surface area (Å²) in [5, 5.41) is 9.60. The second kappa shape index (κ2) is 12.3. The Labute approximate surface area is 237 Å². The quantitative estimate of drug-likeness (QED) is 0.393. The molecule has 2 atom stereocenters.